The summed E-state index contributed by atoms with van der Waals surface area (Å²) in [5.74, 6) is 0.0416. The third-order valence-corrected chi connectivity index (χ3v) is 6.02. The molecule has 0 aliphatic carbocycles. The zero-order valence-electron chi connectivity index (χ0n) is 12.6. The topological polar surface area (TPSA) is 54.7 Å². The highest BCUT2D eigenvalue weighted by atomic mass is 32.2. The average molecular weight is 327 g/mol. The van der Waals surface area contributed by atoms with Crippen molar-refractivity contribution in [3.63, 3.8) is 0 Å². The van der Waals surface area contributed by atoms with Gasteiger partial charge in [-0.05, 0) is 17.7 Å². The first-order chi connectivity index (χ1) is 11.1. The van der Waals surface area contributed by atoms with Crippen LogP contribution in [-0.2, 0) is 28.7 Å². The molecule has 2 aromatic heterocycles. The molecule has 0 N–H and O–H groups in total. The maximum Gasteiger partial charge on any atom is 0.218 e. The fraction of sp³-hybridized carbons (Fsp3) is 0.235. The number of sulfonamides is 1. The van der Waals surface area contributed by atoms with Crippen molar-refractivity contribution < 1.29 is 8.42 Å². The van der Waals surface area contributed by atoms with Gasteiger partial charge in [-0.25, -0.2) is 13.4 Å². The number of pyridine rings is 1. The van der Waals surface area contributed by atoms with E-state index < -0.39 is 10.0 Å². The van der Waals surface area contributed by atoms with Crippen LogP contribution in [0.15, 0.2) is 54.7 Å². The summed E-state index contributed by atoms with van der Waals surface area (Å²) in [7, 11) is -3.33. The molecule has 0 unspecified atom stereocenters. The Kier molecular flexibility index (Phi) is 3.43. The Labute approximate surface area is 135 Å². The number of imidazole rings is 1. The quantitative estimate of drug-likeness (QED) is 0.741. The summed E-state index contributed by atoms with van der Waals surface area (Å²) >= 11 is 0. The number of benzene rings is 1. The van der Waals surface area contributed by atoms with Gasteiger partial charge in [0.05, 0.1) is 23.7 Å². The van der Waals surface area contributed by atoms with Crippen molar-refractivity contribution >= 4 is 15.7 Å². The van der Waals surface area contributed by atoms with Crippen molar-refractivity contribution in [2.45, 2.75) is 18.7 Å². The molecule has 3 heterocycles. The molecule has 3 aromatic rings. The van der Waals surface area contributed by atoms with Crippen LogP contribution in [0.25, 0.3) is 5.65 Å². The summed E-state index contributed by atoms with van der Waals surface area (Å²) in [4.78, 5) is 4.60. The lowest BCUT2D eigenvalue weighted by atomic mass is 10.2. The van der Waals surface area contributed by atoms with Gasteiger partial charge in [-0.1, -0.05) is 36.4 Å². The van der Waals surface area contributed by atoms with Gasteiger partial charge < -0.3 is 4.40 Å². The van der Waals surface area contributed by atoms with E-state index in [1.807, 2.05) is 59.1 Å². The molecule has 0 spiro atoms. The van der Waals surface area contributed by atoms with Crippen LogP contribution in [-0.4, -0.2) is 28.7 Å². The molecule has 0 fully saturated rings. The Morgan fingerprint density at radius 2 is 1.83 bits per heavy atom. The molecule has 1 aliphatic rings. The van der Waals surface area contributed by atoms with E-state index in [0.717, 1.165) is 22.6 Å². The highest BCUT2D eigenvalue weighted by molar-refractivity contribution is 7.88. The van der Waals surface area contributed by atoms with Gasteiger partial charge in [0, 0.05) is 19.2 Å². The van der Waals surface area contributed by atoms with E-state index in [-0.39, 0.29) is 5.75 Å². The van der Waals surface area contributed by atoms with Gasteiger partial charge in [0.1, 0.15) is 5.65 Å². The van der Waals surface area contributed by atoms with Crippen LogP contribution in [0.2, 0.25) is 0 Å². The van der Waals surface area contributed by atoms with Crippen molar-refractivity contribution in [1.29, 1.82) is 0 Å². The second-order valence-corrected chi connectivity index (χ2v) is 7.73. The highest BCUT2D eigenvalue weighted by Crippen LogP contribution is 2.23. The standard InChI is InChI=1S/C17H17N3O2S/c21-23(22,13-14-6-2-1-3-7-14)19-11-9-15-16(12-19)20-10-5-4-8-17(20)18-15/h1-8,10H,9,11-13H2. The van der Waals surface area contributed by atoms with Gasteiger partial charge in [-0.15, -0.1) is 0 Å². The third kappa shape index (κ3) is 2.64. The van der Waals surface area contributed by atoms with Crippen LogP contribution < -0.4 is 0 Å². The monoisotopic (exact) mass is 327 g/mol. The fourth-order valence-corrected chi connectivity index (χ4v) is 4.54. The Morgan fingerprint density at radius 3 is 2.65 bits per heavy atom. The lowest BCUT2D eigenvalue weighted by molar-refractivity contribution is 0.383. The van der Waals surface area contributed by atoms with Crippen LogP contribution >= 0.6 is 0 Å². The van der Waals surface area contributed by atoms with Gasteiger partial charge in [0.25, 0.3) is 0 Å². The summed E-state index contributed by atoms with van der Waals surface area (Å²) in [6, 6.07) is 15.1. The van der Waals surface area contributed by atoms with Crippen molar-refractivity contribution in [2.75, 3.05) is 6.54 Å². The molecule has 1 aromatic carbocycles. The molecule has 0 bridgehead atoms. The zero-order valence-corrected chi connectivity index (χ0v) is 13.4. The molecule has 4 rings (SSSR count). The molecule has 118 valence electrons. The van der Waals surface area contributed by atoms with E-state index in [2.05, 4.69) is 4.98 Å². The van der Waals surface area contributed by atoms with E-state index in [1.165, 1.54) is 0 Å². The summed E-state index contributed by atoms with van der Waals surface area (Å²) in [5.41, 5.74) is 3.67. The first-order valence-electron chi connectivity index (χ1n) is 7.60. The second-order valence-electron chi connectivity index (χ2n) is 5.76. The Morgan fingerprint density at radius 1 is 1.04 bits per heavy atom. The maximum absolute atomic E-state index is 12.7. The van der Waals surface area contributed by atoms with Gasteiger partial charge in [0.2, 0.25) is 10.0 Å². The minimum atomic E-state index is -3.33. The number of aromatic nitrogens is 2. The van der Waals surface area contributed by atoms with Crippen LogP contribution in [0.3, 0.4) is 0 Å². The van der Waals surface area contributed by atoms with E-state index in [4.69, 9.17) is 0 Å². The number of fused-ring (bicyclic) bond motifs is 3. The fourth-order valence-electron chi connectivity index (χ4n) is 3.05. The molecule has 23 heavy (non-hydrogen) atoms. The molecule has 0 saturated carbocycles. The zero-order chi connectivity index (χ0) is 15.9. The molecule has 0 atom stereocenters. The lowest BCUT2D eigenvalue weighted by Crippen LogP contribution is -2.37. The largest absolute Gasteiger partial charge is 0.302 e. The average Bonchev–Trinajstić information content (AvgIpc) is 2.93. The second kappa shape index (κ2) is 5.47. The van der Waals surface area contributed by atoms with E-state index in [9.17, 15) is 8.42 Å². The summed E-state index contributed by atoms with van der Waals surface area (Å²) in [6.45, 7) is 0.877. The van der Waals surface area contributed by atoms with Crippen molar-refractivity contribution in [3.05, 3.63) is 71.7 Å². The first kappa shape index (κ1) is 14.4. The molecular formula is C17H17N3O2S. The minimum Gasteiger partial charge on any atom is -0.302 e. The van der Waals surface area contributed by atoms with E-state index >= 15 is 0 Å². The number of rotatable bonds is 3. The predicted molar refractivity (Wildman–Crippen MR) is 88.4 cm³/mol. The van der Waals surface area contributed by atoms with Crippen LogP contribution in [0, 0.1) is 0 Å². The summed E-state index contributed by atoms with van der Waals surface area (Å²) in [6.07, 6.45) is 2.60. The minimum absolute atomic E-state index is 0.0416. The maximum atomic E-state index is 12.7. The molecule has 0 radical (unpaired) electrons. The van der Waals surface area contributed by atoms with Crippen molar-refractivity contribution in [2.24, 2.45) is 0 Å². The van der Waals surface area contributed by atoms with Gasteiger partial charge in [-0.3, -0.25) is 0 Å². The molecule has 0 amide bonds. The van der Waals surface area contributed by atoms with Crippen molar-refractivity contribution in [1.82, 2.24) is 13.7 Å². The van der Waals surface area contributed by atoms with Crippen LogP contribution in [0.4, 0.5) is 0 Å². The van der Waals surface area contributed by atoms with E-state index in [1.54, 1.807) is 4.31 Å². The normalized spacial score (nSPS) is 15.7. The highest BCUT2D eigenvalue weighted by Gasteiger charge is 2.29. The van der Waals surface area contributed by atoms with E-state index in [0.29, 0.717) is 19.5 Å². The molecule has 6 heteroatoms. The van der Waals surface area contributed by atoms with Crippen LogP contribution in [0.1, 0.15) is 17.0 Å². The molecule has 5 nitrogen and oxygen atoms in total. The van der Waals surface area contributed by atoms with Gasteiger partial charge in [-0.2, -0.15) is 4.31 Å². The van der Waals surface area contributed by atoms with Crippen molar-refractivity contribution in [3.8, 4) is 0 Å². The Bertz CT molecular complexity index is 948. The summed E-state index contributed by atoms with van der Waals surface area (Å²) < 4.78 is 29.0. The lowest BCUT2D eigenvalue weighted by Gasteiger charge is -2.26. The number of hydrogen-bond acceptors (Lipinski definition) is 3. The number of nitrogens with zero attached hydrogens (tertiary/aromatic N) is 3. The Balaban J connectivity index is 1.64. The van der Waals surface area contributed by atoms with Crippen LogP contribution in [0.5, 0.6) is 0 Å². The number of hydrogen-bond donors (Lipinski definition) is 0. The SMILES string of the molecule is O=S(=O)(Cc1ccccc1)N1CCc2nc3ccccn3c2C1. The third-order valence-electron chi connectivity index (χ3n) is 4.22. The predicted octanol–water partition coefficient (Wildman–Crippen LogP) is 2.22. The molecule has 0 saturated heterocycles. The molecule has 1 aliphatic heterocycles. The van der Waals surface area contributed by atoms with Gasteiger partial charge in [0.15, 0.2) is 0 Å². The smallest absolute Gasteiger partial charge is 0.218 e. The first-order valence-corrected chi connectivity index (χ1v) is 9.21. The summed E-state index contributed by atoms with van der Waals surface area (Å²) in [5, 5.41) is 0. The molecular weight excluding hydrogens is 310 g/mol. The van der Waals surface area contributed by atoms with Gasteiger partial charge >= 0.3 is 0 Å². The Hall–Kier alpha value is -2.18.